The van der Waals surface area contributed by atoms with Gasteiger partial charge < -0.3 is 4.74 Å². The number of ketones is 1. The monoisotopic (exact) mass is 329 g/mol. The normalized spacial score (nSPS) is 11.7. The predicted octanol–water partition coefficient (Wildman–Crippen LogP) is 2.74. The van der Waals surface area contributed by atoms with Gasteiger partial charge in [0.25, 0.3) is 5.69 Å². The first kappa shape index (κ1) is 15.3. The van der Waals surface area contributed by atoms with Crippen LogP contribution in [0.15, 0.2) is 22.7 Å². The summed E-state index contributed by atoms with van der Waals surface area (Å²) in [6, 6.07) is 4.17. The molecule has 102 valence electrons. The number of nitro groups is 1. The topological polar surface area (TPSA) is 86.5 Å². The fourth-order valence-corrected chi connectivity index (χ4v) is 1.91. The standard InChI is InChI=1S/C12H12BrNO5/c1-7(12(16)19-2)5-11(15)9-4-3-8(13)6-10(9)14(17)18/h3-4,6-7H,5H2,1-2H3. The summed E-state index contributed by atoms with van der Waals surface area (Å²) in [6.45, 7) is 1.54. The number of nitrogens with zero attached hydrogens (tertiary/aromatic N) is 1. The van der Waals surface area contributed by atoms with Gasteiger partial charge in [0.05, 0.1) is 23.5 Å². The number of methoxy groups -OCH3 is 1. The number of ether oxygens (including phenoxy) is 1. The summed E-state index contributed by atoms with van der Waals surface area (Å²) in [6.07, 6.45) is -0.130. The van der Waals surface area contributed by atoms with Gasteiger partial charge in [-0.15, -0.1) is 0 Å². The third-order valence-electron chi connectivity index (χ3n) is 2.55. The summed E-state index contributed by atoms with van der Waals surface area (Å²) in [5, 5.41) is 10.9. The van der Waals surface area contributed by atoms with E-state index in [1.807, 2.05) is 0 Å². The van der Waals surface area contributed by atoms with Crippen LogP contribution in [0.2, 0.25) is 0 Å². The highest BCUT2D eigenvalue weighted by Gasteiger charge is 2.24. The summed E-state index contributed by atoms with van der Waals surface area (Å²) in [4.78, 5) is 33.5. The lowest BCUT2D eigenvalue weighted by Crippen LogP contribution is -2.17. The fourth-order valence-electron chi connectivity index (χ4n) is 1.56. The molecule has 0 heterocycles. The molecular formula is C12H12BrNO5. The minimum Gasteiger partial charge on any atom is -0.469 e. The average Bonchev–Trinajstić information content (AvgIpc) is 2.37. The molecule has 1 atom stereocenters. The Labute approximate surface area is 118 Å². The van der Waals surface area contributed by atoms with Crippen molar-refractivity contribution in [3.05, 3.63) is 38.3 Å². The van der Waals surface area contributed by atoms with E-state index >= 15 is 0 Å². The zero-order valence-electron chi connectivity index (χ0n) is 10.4. The molecule has 0 amide bonds. The molecule has 0 saturated carbocycles. The van der Waals surface area contributed by atoms with Gasteiger partial charge in [-0.1, -0.05) is 22.9 Å². The van der Waals surface area contributed by atoms with Crippen LogP contribution in [0.1, 0.15) is 23.7 Å². The molecule has 0 aliphatic rings. The van der Waals surface area contributed by atoms with Crippen LogP contribution in [-0.4, -0.2) is 23.8 Å². The lowest BCUT2D eigenvalue weighted by Gasteiger charge is -2.08. The van der Waals surface area contributed by atoms with Gasteiger partial charge in [-0.05, 0) is 12.1 Å². The summed E-state index contributed by atoms with van der Waals surface area (Å²) in [5.41, 5.74) is -0.291. The second-order valence-corrected chi connectivity index (χ2v) is 4.89. The molecule has 0 bridgehead atoms. The first-order chi connectivity index (χ1) is 8.86. The van der Waals surface area contributed by atoms with E-state index in [0.717, 1.165) is 0 Å². The number of carbonyl (C=O) groups is 2. The second-order valence-electron chi connectivity index (χ2n) is 3.97. The van der Waals surface area contributed by atoms with E-state index in [2.05, 4.69) is 20.7 Å². The molecule has 6 nitrogen and oxygen atoms in total. The SMILES string of the molecule is COC(=O)C(C)CC(=O)c1ccc(Br)cc1[N+](=O)[O-]. The first-order valence-electron chi connectivity index (χ1n) is 5.41. The molecule has 1 rings (SSSR count). The van der Waals surface area contributed by atoms with Crippen molar-refractivity contribution < 1.29 is 19.2 Å². The average molecular weight is 330 g/mol. The van der Waals surface area contributed by atoms with Crippen LogP contribution < -0.4 is 0 Å². The molecule has 0 saturated heterocycles. The Morgan fingerprint density at radius 1 is 1.47 bits per heavy atom. The van der Waals surface area contributed by atoms with E-state index in [0.29, 0.717) is 4.47 Å². The number of esters is 1. The van der Waals surface area contributed by atoms with Crippen molar-refractivity contribution in [1.82, 2.24) is 0 Å². The third kappa shape index (κ3) is 3.85. The van der Waals surface area contributed by atoms with Crippen molar-refractivity contribution >= 4 is 33.4 Å². The van der Waals surface area contributed by atoms with Crippen molar-refractivity contribution in [2.75, 3.05) is 7.11 Å². The predicted molar refractivity (Wildman–Crippen MR) is 70.9 cm³/mol. The molecule has 1 unspecified atom stereocenters. The summed E-state index contributed by atoms with van der Waals surface area (Å²) < 4.78 is 5.02. The number of Topliss-reactive ketones (excluding diaryl/α,β-unsaturated/α-hetero) is 1. The number of halogens is 1. The Bertz CT molecular complexity index is 529. The van der Waals surface area contributed by atoms with Crippen LogP contribution in [0.3, 0.4) is 0 Å². The molecule has 1 aromatic rings. The Hall–Kier alpha value is -1.76. The Kier molecular flexibility index (Phi) is 5.17. The zero-order valence-corrected chi connectivity index (χ0v) is 12.0. The van der Waals surface area contributed by atoms with E-state index in [1.54, 1.807) is 6.07 Å². The molecule has 0 aromatic heterocycles. The molecule has 1 aromatic carbocycles. The van der Waals surface area contributed by atoms with Crippen LogP contribution in [0.5, 0.6) is 0 Å². The van der Waals surface area contributed by atoms with E-state index in [4.69, 9.17) is 0 Å². The molecule has 19 heavy (non-hydrogen) atoms. The lowest BCUT2D eigenvalue weighted by atomic mass is 9.99. The minimum atomic E-state index is -0.638. The van der Waals surface area contributed by atoms with Gasteiger partial charge in [0.15, 0.2) is 5.78 Å². The quantitative estimate of drug-likeness (QED) is 0.359. The Morgan fingerprint density at radius 2 is 2.11 bits per heavy atom. The molecule has 0 radical (unpaired) electrons. The Balaban J connectivity index is 3.00. The molecule has 7 heteroatoms. The minimum absolute atomic E-state index is 0.0102. The Morgan fingerprint density at radius 3 is 2.63 bits per heavy atom. The largest absolute Gasteiger partial charge is 0.469 e. The van der Waals surface area contributed by atoms with Gasteiger partial charge in [0.2, 0.25) is 0 Å². The van der Waals surface area contributed by atoms with Crippen molar-refractivity contribution in [3.8, 4) is 0 Å². The first-order valence-corrected chi connectivity index (χ1v) is 6.21. The molecular weight excluding hydrogens is 318 g/mol. The fraction of sp³-hybridized carbons (Fsp3) is 0.333. The highest BCUT2D eigenvalue weighted by atomic mass is 79.9. The van der Waals surface area contributed by atoms with Gasteiger partial charge in [-0.25, -0.2) is 0 Å². The highest BCUT2D eigenvalue weighted by molar-refractivity contribution is 9.10. The number of benzene rings is 1. The van der Waals surface area contributed by atoms with Crippen molar-refractivity contribution in [2.24, 2.45) is 5.92 Å². The van der Waals surface area contributed by atoms with Crippen LogP contribution >= 0.6 is 15.9 Å². The van der Waals surface area contributed by atoms with Crippen LogP contribution in [0.25, 0.3) is 0 Å². The summed E-state index contributed by atoms with van der Waals surface area (Å²) >= 11 is 3.11. The maximum atomic E-state index is 12.0. The van der Waals surface area contributed by atoms with Crippen molar-refractivity contribution in [3.63, 3.8) is 0 Å². The summed E-state index contributed by atoms with van der Waals surface area (Å²) in [5.74, 6) is -1.62. The van der Waals surface area contributed by atoms with Crippen LogP contribution in [0.4, 0.5) is 5.69 Å². The molecule has 0 fully saturated rings. The smallest absolute Gasteiger partial charge is 0.308 e. The number of nitro benzene ring substituents is 1. The maximum absolute atomic E-state index is 12.0. The lowest BCUT2D eigenvalue weighted by molar-refractivity contribution is -0.385. The number of hydrogen-bond donors (Lipinski definition) is 0. The van der Waals surface area contributed by atoms with Gasteiger partial charge in [0, 0.05) is 17.0 Å². The second kappa shape index (κ2) is 6.42. The number of rotatable bonds is 5. The van der Waals surface area contributed by atoms with Crippen molar-refractivity contribution in [1.29, 1.82) is 0 Å². The van der Waals surface area contributed by atoms with Crippen molar-refractivity contribution in [2.45, 2.75) is 13.3 Å². The summed E-state index contributed by atoms with van der Waals surface area (Å²) in [7, 11) is 1.23. The van der Waals surface area contributed by atoms with E-state index < -0.39 is 22.6 Å². The van der Waals surface area contributed by atoms with Gasteiger partial charge in [-0.3, -0.25) is 19.7 Å². The van der Waals surface area contributed by atoms with Gasteiger partial charge in [0.1, 0.15) is 0 Å². The number of hydrogen-bond acceptors (Lipinski definition) is 5. The number of carbonyl (C=O) groups excluding carboxylic acids is 2. The zero-order chi connectivity index (χ0) is 14.6. The highest BCUT2D eigenvalue weighted by Crippen LogP contribution is 2.25. The van der Waals surface area contributed by atoms with Crippen LogP contribution in [0, 0.1) is 16.0 Å². The van der Waals surface area contributed by atoms with Gasteiger partial charge in [-0.2, -0.15) is 0 Å². The molecule has 0 aliphatic carbocycles. The van der Waals surface area contributed by atoms with E-state index in [9.17, 15) is 19.7 Å². The maximum Gasteiger partial charge on any atom is 0.308 e. The van der Waals surface area contributed by atoms with E-state index in [1.165, 1.54) is 26.2 Å². The molecule has 0 aliphatic heterocycles. The molecule has 0 spiro atoms. The van der Waals surface area contributed by atoms with Gasteiger partial charge >= 0.3 is 5.97 Å². The third-order valence-corrected chi connectivity index (χ3v) is 3.05. The molecule has 0 N–H and O–H groups in total. The van der Waals surface area contributed by atoms with E-state index in [-0.39, 0.29) is 17.7 Å². The van der Waals surface area contributed by atoms with Crippen LogP contribution in [-0.2, 0) is 9.53 Å².